The van der Waals surface area contributed by atoms with E-state index in [1.807, 2.05) is 0 Å². The van der Waals surface area contributed by atoms with Crippen molar-refractivity contribution in [2.75, 3.05) is 103 Å². The molecule has 48 heavy (non-hydrogen) atoms. The third-order valence-electron chi connectivity index (χ3n) is 10.9. The molecule has 3 fully saturated rings. The number of likely N-dealkylation sites (N-methyl/N-ethyl adjacent to an activating group) is 3. The molecule has 9 nitrogen and oxygen atoms in total. The molecule has 0 radical (unpaired) electrons. The van der Waals surface area contributed by atoms with Crippen LogP contribution >= 0.6 is 11.8 Å². The minimum absolute atomic E-state index is 0.315. The number of aromatic nitrogens is 3. The van der Waals surface area contributed by atoms with Gasteiger partial charge in [0.1, 0.15) is 5.82 Å². The van der Waals surface area contributed by atoms with Gasteiger partial charge in [0.25, 0.3) is 0 Å². The minimum atomic E-state index is 0.315. The maximum atomic E-state index is 5.05. The summed E-state index contributed by atoms with van der Waals surface area (Å²) < 4.78 is 0. The Morgan fingerprint density at radius 3 is 2.15 bits per heavy atom. The fourth-order valence-electron chi connectivity index (χ4n) is 7.55. The van der Waals surface area contributed by atoms with E-state index >= 15 is 0 Å². The summed E-state index contributed by atoms with van der Waals surface area (Å²) in [6.07, 6.45) is 7.28. The zero-order chi connectivity index (χ0) is 33.8. The number of hydrogen-bond acceptors (Lipinski definition) is 10. The van der Waals surface area contributed by atoms with Crippen LogP contribution in [0.15, 0.2) is 53.8 Å². The lowest BCUT2D eigenvalue weighted by Crippen LogP contribution is -2.65. The first-order valence-electron chi connectivity index (χ1n) is 17.9. The third-order valence-corrected chi connectivity index (χ3v) is 11.6. The first-order chi connectivity index (χ1) is 23.2. The summed E-state index contributed by atoms with van der Waals surface area (Å²) in [7, 11) is 6.81. The van der Waals surface area contributed by atoms with Gasteiger partial charge in [-0.05, 0) is 75.1 Å². The zero-order valence-corrected chi connectivity index (χ0v) is 31.2. The van der Waals surface area contributed by atoms with Gasteiger partial charge in [-0.2, -0.15) is 0 Å². The quantitative estimate of drug-likeness (QED) is 0.283. The molecule has 3 aliphatic heterocycles. The molecule has 260 valence electrons. The van der Waals surface area contributed by atoms with Gasteiger partial charge >= 0.3 is 0 Å². The molecule has 0 aromatic carbocycles. The van der Waals surface area contributed by atoms with Crippen LogP contribution in [0.5, 0.6) is 0 Å². The van der Waals surface area contributed by atoms with E-state index in [-0.39, 0.29) is 0 Å². The monoisotopic (exact) mass is 671 g/mol. The van der Waals surface area contributed by atoms with Crippen LogP contribution in [-0.4, -0.2) is 139 Å². The summed E-state index contributed by atoms with van der Waals surface area (Å²) >= 11 is 1.75. The van der Waals surface area contributed by atoms with E-state index in [0.717, 1.165) is 95.0 Å². The Hall–Kier alpha value is -2.76. The van der Waals surface area contributed by atoms with Crippen molar-refractivity contribution in [3.05, 3.63) is 71.3 Å². The van der Waals surface area contributed by atoms with Gasteiger partial charge in [-0.15, -0.1) is 11.8 Å². The number of thioether (sulfide) groups is 1. The lowest BCUT2D eigenvalue weighted by molar-refractivity contribution is 0.0936. The number of nitrogens with zero attached hydrogens (tertiary/aromatic N) is 9. The molecule has 10 heteroatoms. The summed E-state index contributed by atoms with van der Waals surface area (Å²) in [4.78, 5) is 30.1. The number of pyridine rings is 3. The van der Waals surface area contributed by atoms with Crippen LogP contribution < -0.4 is 9.80 Å². The highest BCUT2D eigenvalue weighted by Crippen LogP contribution is 2.29. The molecular formula is C38H57N9S. The Bertz CT molecular complexity index is 1480. The van der Waals surface area contributed by atoms with Crippen molar-refractivity contribution in [2.24, 2.45) is 0 Å². The van der Waals surface area contributed by atoms with Crippen LogP contribution in [0.3, 0.4) is 0 Å². The van der Waals surface area contributed by atoms with E-state index in [0.29, 0.717) is 23.9 Å². The van der Waals surface area contributed by atoms with Crippen molar-refractivity contribution < 1.29 is 0 Å². The molecule has 0 bridgehead atoms. The highest BCUT2D eigenvalue weighted by atomic mass is 32.2. The Labute approximate surface area is 293 Å². The molecule has 0 amide bonds. The first kappa shape index (κ1) is 35.1. The third kappa shape index (κ3) is 8.33. The fourth-order valence-corrected chi connectivity index (χ4v) is 8.11. The van der Waals surface area contributed by atoms with E-state index in [1.54, 1.807) is 11.8 Å². The van der Waals surface area contributed by atoms with Crippen molar-refractivity contribution >= 4 is 23.3 Å². The van der Waals surface area contributed by atoms with E-state index in [4.69, 9.17) is 15.0 Å². The summed E-state index contributed by atoms with van der Waals surface area (Å²) in [5, 5.41) is 1.14. The van der Waals surface area contributed by atoms with Gasteiger partial charge in [0, 0.05) is 108 Å². The van der Waals surface area contributed by atoms with Crippen molar-refractivity contribution in [1.82, 2.24) is 34.6 Å². The van der Waals surface area contributed by atoms with E-state index in [1.165, 1.54) is 22.5 Å². The van der Waals surface area contributed by atoms with Gasteiger partial charge in [-0.1, -0.05) is 32.9 Å². The molecule has 0 aliphatic carbocycles. The summed E-state index contributed by atoms with van der Waals surface area (Å²) in [6.45, 7) is 18.4. The lowest BCUT2D eigenvalue weighted by atomic mass is 9.97. The average Bonchev–Trinajstić information content (AvgIpc) is 3.10. The molecule has 3 aliphatic rings. The van der Waals surface area contributed by atoms with Crippen LogP contribution in [0.25, 0.3) is 0 Å². The maximum absolute atomic E-state index is 5.05. The first-order valence-corrected chi connectivity index (χ1v) is 19.2. The van der Waals surface area contributed by atoms with Gasteiger partial charge in [0.05, 0.1) is 16.9 Å². The van der Waals surface area contributed by atoms with E-state index in [9.17, 15) is 0 Å². The largest absolute Gasteiger partial charge is 0.367 e. The van der Waals surface area contributed by atoms with Gasteiger partial charge in [-0.3, -0.25) is 19.7 Å². The van der Waals surface area contributed by atoms with Crippen LogP contribution in [-0.2, 0) is 13.0 Å². The smallest absolute Gasteiger partial charge is 0.128 e. The normalized spacial score (nSPS) is 22.8. The molecule has 0 N–H and O–H groups in total. The number of anilines is 2. The predicted octanol–water partition coefficient (Wildman–Crippen LogP) is 4.75. The molecule has 3 unspecified atom stereocenters. The molecule has 3 aromatic heterocycles. The van der Waals surface area contributed by atoms with Crippen molar-refractivity contribution in [3.8, 4) is 0 Å². The second kappa shape index (κ2) is 15.9. The second-order valence-corrected chi connectivity index (χ2v) is 15.5. The Balaban J connectivity index is 1.10. The minimum Gasteiger partial charge on any atom is -0.367 e. The number of piperazine rings is 3. The number of rotatable bonds is 10. The molecule has 3 atom stereocenters. The molecular weight excluding hydrogens is 615 g/mol. The summed E-state index contributed by atoms with van der Waals surface area (Å²) in [5.74, 6) is 1.86. The van der Waals surface area contributed by atoms with Crippen molar-refractivity contribution in [3.63, 3.8) is 0 Å². The molecule has 0 spiro atoms. The van der Waals surface area contributed by atoms with E-state index < -0.39 is 0 Å². The number of hydrogen-bond donors (Lipinski definition) is 0. The Morgan fingerprint density at radius 1 is 0.771 bits per heavy atom. The second-order valence-electron chi connectivity index (χ2n) is 14.7. The molecule has 6 rings (SSSR count). The average molecular weight is 672 g/mol. The summed E-state index contributed by atoms with van der Waals surface area (Å²) in [5.41, 5.74) is 6.21. The topological polar surface area (TPSA) is 58.1 Å². The molecule has 3 saturated heterocycles. The fraction of sp³-hybridized carbons (Fsp3) is 0.605. The van der Waals surface area contributed by atoms with Crippen LogP contribution in [0.2, 0.25) is 0 Å². The van der Waals surface area contributed by atoms with Crippen molar-refractivity contribution in [1.29, 1.82) is 0 Å². The van der Waals surface area contributed by atoms with Crippen LogP contribution in [0.4, 0.5) is 11.5 Å². The highest BCUT2D eigenvalue weighted by molar-refractivity contribution is 7.98. The zero-order valence-electron chi connectivity index (χ0n) is 30.3. The van der Waals surface area contributed by atoms with Gasteiger partial charge in [-0.25, -0.2) is 9.97 Å². The highest BCUT2D eigenvalue weighted by Gasteiger charge is 2.37. The van der Waals surface area contributed by atoms with Crippen LogP contribution in [0.1, 0.15) is 55.1 Å². The van der Waals surface area contributed by atoms with Crippen LogP contribution in [0, 0.1) is 0 Å². The molecule has 3 aromatic rings. The molecule has 0 saturated carbocycles. The van der Waals surface area contributed by atoms with E-state index in [2.05, 4.69) is 126 Å². The Morgan fingerprint density at radius 2 is 1.48 bits per heavy atom. The lowest BCUT2D eigenvalue weighted by Gasteiger charge is -2.50. The Kier molecular flexibility index (Phi) is 11.6. The van der Waals surface area contributed by atoms with Crippen molar-refractivity contribution in [2.45, 2.75) is 62.7 Å². The maximum Gasteiger partial charge on any atom is 0.128 e. The predicted molar refractivity (Wildman–Crippen MR) is 201 cm³/mol. The van der Waals surface area contributed by atoms with Gasteiger partial charge < -0.3 is 14.7 Å². The summed E-state index contributed by atoms with van der Waals surface area (Å²) in [6, 6.07) is 14.3. The van der Waals surface area contributed by atoms with Gasteiger partial charge in [0.2, 0.25) is 0 Å². The standard InChI is InChI=1S/C38H57N9S/c1-28(2)33-9-8-10-37(41-33)47-20-16-44(6)36(27-47)35-26-46(19-15-43(35)5)32-11-12-34(39-24-32)29(3)21-31-22-30(23-40-38(31)48-7)25-45-17-13-42(4)14-18-45/h8-12,22-24,28-29,35-36H,13-21,25-27H2,1-7H3. The SMILES string of the molecule is CSc1ncc(CN2CCN(C)CC2)cc1CC(C)c1ccc(N2CCN(C)C(C3CN(c4cccc(C(C)C)n4)CCN3C)C2)cn1. The van der Waals surface area contributed by atoms with Gasteiger partial charge in [0.15, 0.2) is 0 Å². The molecule has 6 heterocycles.